The number of nitrogens with one attached hydrogen (secondary N) is 1. The lowest BCUT2D eigenvalue weighted by molar-refractivity contribution is -0.138. The number of hydrogen-bond donors (Lipinski definition) is 1. The molecule has 1 atom stereocenters. The summed E-state index contributed by atoms with van der Waals surface area (Å²) in [5, 5.41) is 2.74. The maximum absolute atomic E-state index is 13.8. The predicted molar refractivity (Wildman–Crippen MR) is 118 cm³/mol. The molecular formula is C24H30F3N3O2. The van der Waals surface area contributed by atoms with Gasteiger partial charge in [0.15, 0.2) is 0 Å². The number of ether oxygens (including phenoxy) is 1. The summed E-state index contributed by atoms with van der Waals surface area (Å²) < 4.78 is 46.7. The van der Waals surface area contributed by atoms with Gasteiger partial charge in [-0.2, -0.15) is 13.2 Å². The molecule has 32 heavy (non-hydrogen) atoms. The van der Waals surface area contributed by atoms with Gasteiger partial charge in [-0.3, -0.25) is 9.69 Å². The van der Waals surface area contributed by atoms with Gasteiger partial charge in [-0.15, -0.1) is 0 Å². The van der Waals surface area contributed by atoms with Crippen LogP contribution in [0, 0.1) is 0 Å². The van der Waals surface area contributed by atoms with Crippen LogP contribution in [0.25, 0.3) is 0 Å². The largest absolute Gasteiger partial charge is 0.416 e. The van der Waals surface area contributed by atoms with E-state index in [1.54, 1.807) is 6.07 Å². The molecule has 2 aromatic carbocycles. The van der Waals surface area contributed by atoms with Crippen LogP contribution in [0.1, 0.15) is 36.6 Å². The lowest BCUT2D eigenvalue weighted by atomic mass is 10.0. The highest BCUT2D eigenvalue weighted by molar-refractivity contribution is 5.83. The molecule has 1 aliphatic rings. The van der Waals surface area contributed by atoms with Gasteiger partial charge in [0, 0.05) is 25.3 Å². The number of nitrogens with zero attached hydrogens (tertiary/aromatic N) is 2. The second kappa shape index (κ2) is 10.8. The molecule has 0 radical (unpaired) electrons. The molecule has 2 aromatic rings. The van der Waals surface area contributed by atoms with E-state index < -0.39 is 17.8 Å². The van der Waals surface area contributed by atoms with Gasteiger partial charge < -0.3 is 15.0 Å². The van der Waals surface area contributed by atoms with Crippen molar-refractivity contribution in [2.75, 3.05) is 44.3 Å². The summed E-state index contributed by atoms with van der Waals surface area (Å²) in [5.74, 6) is -0.315. The van der Waals surface area contributed by atoms with E-state index in [4.69, 9.17) is 4.74 Å². The zero-order valence-corrected chi connectivity index (χ0v) is 18.5. The number of anilines is 1. The van der Waals surface area contributed by atoms with E-state index in [1.807, 2.05) is 54.0 Å². The van der Waals surface area contributed by atoms with Crippen molar-refractivity contribution in [2.45, 2.75) is 32.6 Å². The number of morpholine rings is 1. The number of halogens is 3. The number of carbonyl (C=O) groups is 1. The smallest absolute Gasteiger partial charge is 0.378 e. The number of carbonyl (C=O) groups excluding carboxylic acids is 1. The molecule has 1 saturated heterocycles. The van der Waals surface area contributed by atoms with Crippen LogP contribution in [-0.4, -0.2) is 50.2 Å². The van der Waals surface area contributed by atoms with Gasteiger partial charge in [-0.05, 0) is 36.3 Å². The fourth-order valence-electron chi connectivity index (χ4n) is 4.03. The Morgan fingerprint density at radius 3 is 2.34 bits per heavy atom. The average Bonchev–Trinajstić information content (AvgIpc) is 2.81. The van der Waals surface area contributed by atoms with E-state index >= 15 is 0 Å². The number of benzene rings is 2. The van der Waals surface area contributed by atoms with Crippen LogP contribution in [-0.2, 0) is 22.3 Å². The summed E-state index contributed by atoms with van der Waals surface area (Å²) in [6, 6.07) is 13.0. The summed E-state index contributed by atoms with van der Waals surface area (Å²) in [6.45, 7) is 7.10. The van der Waals surface area contributed by atoms with Crippen molar-refractivity contribution >= 4 is 11.6 Å². The lowest BCUT2D eigenvalue weighted by Crippen LogP contribution is -2.40. The van der Waals surface area contributed by atoms with E-state index in [2.05, 4.69) is 5.32 Å². The third-order valence-corrected chi connectivity index (χ3v) is 5.77. The highest BCUT2D eigenvalue weighted by atomic mass is 19.4. The van der Waals surface area contributed by atoms with E-state index in [1.165, 1.54) is 12.1 Å². The maximum Gasteiger partial charge on any atom is 0.416 e. The van der Waals surface area contributed by atoms with Crippen molar-refractivity contribution in [3.05, 3.63) is 65.2 Å². The Morgan fingerprint density at radius 1 is 1.09 bits per heavy atom. The molecule has 3 rings (SSSR count). The minimum atomic E-state index is -4.51. The van der Waals surface area contributed by atoms with E-state index in [0.717, 1.165) is 5.56 Å². The van der Waals surface area contributed by atoms with Crippen molar-refractivity contribution < 1.29 is 22.7 Å². The Kier molecular flexibility index (Phi) is 8.15. The van der Waals surface area contributed by atoms with Crippen molar-refractivity contribution in [2.24, 2.45) is 0 Å². The maximum atomic E-state index is 13.8. The zero-order chi connectivity index (χ0) is 23.1. The first-order chi connectivity index (χ1) is 15.3. The standard InChI is InChI=1S/C24H30F3N3O2/c1-3-29(4-2)22(18-8-6-5-7-9-18)23(31)28-17-19-10-11-20(16-21(19)24(25,26)27)30-12-14-32-15-13-30/h5-11,16,22H,3-4,12-15,17H2,1-2H3,(H,28,31). The van der Waals surface area contributed by atoms with Crippen LogP contribution in [0.2, 0.25) is 0 Å². The Morgan fingerprint density at radius 2 is 1.75 bits per heavy atom. The molecule has 8 heteroatoms. The van der Waals surface area contributed by atoms with Gasteiger partial charge in [-0.25, -0.2) is 0 Å². The molecule has 0 spiro atoms. The van der Waals surface area contributed by atoms with Gasteiger partial charge in [0.05, 0.1) is 18.8 Å². The number of hydrogen-bond acceptors (Lipinski definition) is 4. The van der Waals surface area contributed by atoms with Crippen molar-refractivity contribution in [3.8, 4) is 0 Å². The molecule has 1 amide bonds. The number of amides is 1. The number of alkyl halides is 3. The highest BCUT2D eigenvalue weighted by Crippen LogP contribution is 2.35. The van der Waals surface area contributed by atoms with Crippen LogP contribution in [0.15, 0.2) is 48.5 Å². The van der Waals surface area contributed by atoms with Crippen LogP contribution in [0.3, 0.4) is 0 Å². The second-order valence-corrected chi connectivity index (χ2v) is 7.69. The Hall–Kier alpha value is -2.58. The molecule has 1 unspecified atom stereocenters. The van der Waals surface area contributed by atoms with Crippen molar-refractivity contribution in [3.63, 3.8) is 0 Å². The molecule has 1 heterocycles. The molecule has 0 saturated carbocycles. The Bertz CT molecular complexity index is 880. The average molecular weight is 450 g/mol. The number of rotatable bonds is 8. The first-order valence-electron chi connectivity index (χ1n) is 10.9. The first kappa shape index (κ1) is 24.1. The topological polar surface area (TPSA) is 44.8 Å². The van der Waals surface area contributed by atoms with E-state index in [0.29, 0.717) is 45.1 Å². The van der Waals surface area contributed by atoms with Gasteiger partial charge in [0.1, 0.15) is 6.04 Å². The monoisotopic (exact) mass is 449 g/mol. The summed E-state index contributed by atoms with van der Waals surface area (Å²) in [5.41, 5.74) is 0.656. The minimum Gasteiger partial charge on any atom is -0.378 e. The van der Waals surface area contributed by atoms with Crippen LogP contribution < -0.4 is 10.2 Å². The summed E-state index contributed by atoms with van der Waals surface area (Å²) in [4.78, 5) is 17.0. The molecule has 0 bridgehead atoms. The molecular weight excluding hydrogens is 419 g/mol. The van der Waals surface area contributed by atoms with Gasteiger partial charge in [0.25, 0.3) is 0 Å². The fraction of sp³-hybridized carbons (Fsp3) is 0.458. The minimum absolute atomic E-state index is 0.0502. The lowest BCUT2D eigenvalue weighted by Gasteiger charge is -2.30. The third kappa shape index (κ3) is 5.81. The quantitative estimate of drug-likeness (QED) is 0.655. The summed E-state index contributed by atoms with van der Waals surface area (Å²) in [7, 11) is 0. The summed E-state index contributed by atoms with van der Waals surface area (Å²) >= 11 is 0. The molecule has 1 N–H and O–H groups in total. The van der Waals surface area contributed by atoms with E-state index in [9.17, 15) is 18.0 Å². The molecule has 1 fully saturated rings. The molecule has 1 aliphatic heterocycles. The number of likely N-dealkylation sites (N-methyl/N-ethyl adjacent to an activating group) is 1. The SMILES string of the molecule is CCN(CC)C(C(=O)NCc1ccc(N2CCOCC2)cc1C(F)(F)F)c1ccccc1. The van der Waals surface area contributed by atoms with Crippen molar-refractivity contribution in [1.82, 2.24) is 10.2 Å². The molecule has 5 nitrogen and oxygen atoms in total. The van der Waals surface area contributed by atoms with Crippen LogP contribution in [0.5, 0.6) is 0 Å². The Labute approximate surface area is 187 Å². The van der Waals surface area contributed by atoms with Crippen LogP contribution in [0.4, 0.5) is 18.9 Å². The van der Waals surface area contributed by atoms with E-state index in [-0.39, 0.29) is 18.0 Å². The zero-order valence-electron chi connectivity index (χ0n) is 18.5. The normalized spacial score (nSPS) is 15.6. The molecule has 0 aliphatic carbocycles. The van der Waals surface area contributed by atoms with Crippen molar-refractivity contribution in [1.29, 1.82) is 0 Å². The van der Waals surface area contributed by atoms with Gasteiger partial charge >= 0.3 is 6.18 Å². The Balaban J connectivity index is 1.81. The first-order valence-corrected chi connectivity index (χ1v) is 10.9. The fourth-order valence-corrected chi connectivity index (χ4v) is 4.03. The third-order valence-electron chi connectivity index (χ3n) is 5.77. The second-order valence-electron chi connectivity index (χ2n) is 7.69. The highest BCUT2D eigenvalue weighted by Gasteiger charge is 2.34. The predicted octanol–water partition coefficient (Wildman–Crippen LogP) is 4.24. The molecule has 0 aromatic heterocycles. The van der Waals surface area contributed by atoms with Gasteiger partial charge in [0.2, 0.25) is 5.91 Å². The summed E-state index contributed by atoms with van der Waals surface area (Å²) in [6.07, 6.45) is -4.51. The molecule has 174 valence electrons. The van der Waals surface area contributed by atoms with Gasteiger partial charge in [-0.1, -0.05) is 50.2 Å². The van der Waals surface area contributed by atoms with Crippen LogP contribution >= 0.6 is 0 Å².